The minimum absolute atomic E-state index is 0.00851. The molecule has 5 rings (SSSR count). The molecule has 1 saturated heterocycles. The zero-order valence-corrected chi connectivity index (χ0v) is 24.8. The number of hydrogen-bond donors (Lipinski definition) is 1. The Kier molecular flexibility index (Phi) is 6.78. The van der Waals surface area contributed by atoms with Crippen LogP contribution in [0, 0.1) is 34.5 Å². The van der Waals surface area contributed by atoms with Gasteiger partial charge in [0.15, 0.2) is 5.60 Å². The van der Waals surface area contributed by atoms with Crippen LogP contribution >= 0.6 is 0 Å². The molecule has 2 saturated carbocycles. The molecule has 8 heteroatoms. The molecule has 0 spiro atoms. The van der Waals surface area contributed by atoms with Crippen LogP contribution in [0.2, 0.25) is 0 Å². The molecule has 9 atom stereocenters. The molecule has 40 heavy (non-hydrogen) atoms. The second-order valence-corrected chi connectivity index (χ2v) is 13.2. The van der Waals surface area contributed by atoms with Gasteiger partial charge < -0.3 is 24.1 Å². The van der Waals surface area contributed by atoms with Gasteiger partial charge in [-0.1, -0.05) is 70.9 Å². The Morgan fingerprint density at radius 2 is 1.73 bits per heavy atom. The molecular weight excluding hydrogens is 512 g/mol. The zero-order chi connectivity index (χ0) is 29.4. The second-order valence-electron chi connectivity index (χ2n) is 13.2. The lowest BCUT2D eigenvalue weighted by atomic mass is 9.42. The number of methoxy groups -OCH3 is 1. The summed E-state index contributed by atoms with van der Waals surface area (Å²) in [4.78, 5) is 41.3. The van der Waals surface area contributed by atoms with Crippen LogP contribution in [0.5, 0.6) is 0 Å². The number of hydrogen-bond acceptors (Lipinski definition) is 8. The van der Waals surface area contributed by atoms with Crippen LogP contribution in [0.25, 0.3) is 0 Å². The summed E-state index contributed by atoms with van der Waals surface area (Å²) in [6.45, 7) is 13.7. The van der Waals surface area contributed by atoms with E-state index in [1.165, 1.54) is 7.11 Å². The molecule has 1 aliphatic heterocycles. The van der Waals surface area contributed by atoms with Gasteiger partial charge in [0.2, 0.25) is 0 Å². The number of fused-ring (bicyclic) bond motifs is 5. The number of ketones is 1. The van der Waals surface area contributed by atoms with Gasteiger partial charge in [-0.15, -0.1) is 0 Å². The van der Waals surface area contributed by atoms with E-state index in [1.807, 2.05) is 48.5 Å². The number of carbonyl (C=O) groups is 3. The van der Waals surface area contributed by atoms with Crippen LogP contribution in [0.15, 0.2) is 41.5 Å². The Bertz CT molecular complexity index is 1250. The molecule has 0 radical (unpaired) electrons. The van der Waals surface area contributed by atoms with Crippen molar-refractivity contribution in [1.82, 2.24) is 0 Å². The minimum Gasteiger partial charge on any atom is -0.455 e. The van der Waals surface area contributed by atoms with Crippen molar-refractivity contribution in [3.8, 4) is 0 Å². The van der Waals surface area contributed by atoms with Gasteiger partial charge in [0.05, 0.1) is 25.2 Å². The molecule has 4 aliphatic rings. The number of Topliss-reactive ketones (excluding diaryl/α,β-unsaturated/α-hetero) is 1. The Morgan fingerprint density at radius 1 is 1.07 bits per heavy atom. The lowest BCUT2D eigenvalue weighted by molar-refractivity contribution is -0.337. The summed E-state index contributed by atoms with van der Waals surface area (Å²) in [7, 11) is 1.23. The lowest BCUT2D eigenvalue weighted by Gasteiger charge is -2.68. The maximum absolute atomic E-state index is 14.8. The maximum Gasteiger partial charge on any atom is 0.508 e. The highest BCUT2D eigenvalue weighted by Crippen LogP contribution is 2.66. The van der Waals surface area contributed by atoms with Gasteiger partial charge in [-0.25, -0.2) is 9.59 Å². The van der Waals surface area contributed by atoms with Crippen LogP contribution in [-0.4, -0.2) is 60.1 Å². The average Bonchev–Trinajstić information content (AvgIpc) is 2.91. The van der Waals surface area contributed by atoms with Crippen molar-refractivity contribution in [3.05, 3.63) is 47.0 Å². The largest absolute Gasteiger partial charge is 0.508 e. The monoisotopic (exact) mass is 554 g/mol. The van der Waals surface area contributed by atoms with E-state index in [0.29, 0.717) is 18.4 Å². The Balaban J connectivity index is 1.81. The molecule has 0 aromatic heterocycles. The first-order valence-corrected chi connectivity index (χ1v) is 14.3. The van der Waals surface area contributed by atoms with E-state index in [-0.39, 0.29) is 24.2 Å². The van der Waals surface area contributed by atoms with Crippen molar-refractivity contribution in [2.24, 2.45) is 34.5 Å². The maximum atomic E-state index is 14.8. The quantitative estimate of drug-likeness (QED) is 0.405. The zero-order valence-electron chi connectivity index (χ0n) is 24.8. The van der Waals surface area contributed by atoms with E-state index >= 15 is 0 Å². The third-order valence-corrected chi connectivity index (χ3v) is 11.2. The highest BCUT2D eigenvalue weighted by molar-refractivity contribution is 5.92. The van der Waals surface area contributed by atoms with E-state index < -0.39 is 58.2 Å². The van der Waals surface area contributed by atoms with Crippen LogP contribution in [0.3, 0.4) is 0 Å². The first-order chi connectivity index (χ1) is 18.7. The number of aliphatic hydroxyl groups is 1. The average molecular weight is 555 g/mol. The summed E-state index contributed by atoms with van der Waals surface area (Å²) >= 11 is 0. The topological polar surface area (TPSA) is 108 Å². The first-order valence-electron chi connectivity index (χ1n) is 14.3. The van der Waals surface area contributed by atoms with E-state index in [4.69, 9.17) is 18.9 Å². The van der Waals surface area contributed by atoms with Gasteiger partial charge >= 0.3 is 12.1 Å². The number of rotatable bonds is 3. The molecule has 3 fully saturated rings. The highest BCUT2D eigenvalue weighted by atomic mass is 16.7. The smallest absolute Gasteiger partial charge is 0.455 e. The second kappa shape index (κ2) is 9.41. The number of esters is 1. The molecular formula is C32H42O8. The van der Waals surface area contributed by atoms with Crippen molar-refractivity contribution in [2.75, 3.05) is 13.7 Å². The molecule has 1 aromatic carbocycles. The van der Waals surface area contributed by atoms with Gasteiger partial charge in [-0.05, 0) is 43.7 Å². The fourth-order valence-corrected chi connectivity index (χ4v) is 8.64. The summed E-state index contributed by atoms with van der Waals surface area (Å²) in [5.41, 5.74) is -2.66. The predicted molar refractivity (Wildman–Crippen MR) is 146 cm³/mol. The standard InChI is InChI=1S/C32H42O8/c1-17-15-32(36)26(39-27(34)21-12-10-9-11-13-21)24-30(7,25(33)20(4)23(19(17)3)29(32,5)6)18(2)14-22-31(24,16-38-22)40-28(35)37-8/h9-13,17-18,20,22,24,26,36H,14-16H2,1-8H3/t17-,18-,20+,22?,24?,26-,30+,31-,32+/m0/s1. The van der Waals surface area contributed by atoms with Gasteiger partial charge in [0, 0.05) is 16.7 Å². The Labute approximate surface area is 236 Å². The Hall–Kier alpha value is -2.71. The van der Waals surface area contributed by atoms with Crippen molar-refractivity contribution < 1.29 is 38.4 Å². The molecule has 3 aliphatic carbocycles. The number of allylic oxidation sites excluding steroid dienone is 1. The molecule has 2 unspecified atom stereocenters. The SMILES string of the molecule is COC(=O)O[C@@]12COC1C[C@H](C)[C@@]1(C)C(=O)[C@H](C)C3=C(C)[C@@H](C)C[C@@](O)([C@@H](OC(=O)c4ccccc4)C21)C3(C)C. The van der Waals surface area contributed by atoms with E-state index in [0.717, 1.165) is 11.1 Å². The van der Waals surface area contributed by atoms with Crippen molar-refractivity contribution >= 4 is 17.9 Å². The molecule has 1 aromatic rings. The molecule has 2 bridgehead atoms. The molecule has 1 heterocycles. The minimum atomic E-state index is -1.59. The summed E-state index contributed by atoms with van der Waals surface area (Å²) in [6, 6.07) is 8.61. The number of ether oxygens (including phenoxy) is 4. The van der Waals surface area contributed by atoms with Gasteiger partial charge in [-0.3, -0.25) is 4.79 Å². The summed E-state index contributed by atoms with van der Waals surface area (Å²) in [5.74, 6) is -2.30. The van der Waals surface area contributed by atoms with Gasteiger partial charge in [-0.2, -0.15) is 0 Å². The summed E-state index contributed by atoms with van der Waals surface area (Å²) < 4.78 is 23.4. The molecule has 218 valence electrons. The van der Waals surface area contributed by atoms with Gasteiger partial charge in [0.25, 0.3) is 0 Å². The van der Waals surface area contributed by atoms with E-state index in [2.05, 4.69) is 0 Å². The van der Waals surface area contributed by atoms with Crippen molar-refractivity contribution in [2.45, 2.75) is 84.7 Å². The van der Waals surface area contributed by atoms with E-state index in [9.17, 15) is 19.5 Å². The van der Waals surface area contributed by atoms with Crippen LogP contribution in [0.4, 0.5) is 4.79 Å². The summed E-state index contributed by atoms with van der Waals surface area (Å²) in [6.07, 6.45) is -1.85. The normalized spacial score (nSPS) is 41.9. The van der Waals surface area contributed by atoms with Crippen LogP contribution in [0.1, 0.15) is 71.7 Å². The third kappa shape index (κ3) is 3.67. The first kappa shape index (κ1) is 28.8. The molecule has 0 amide bonds. The van der Waals surface area contributed by atoms with Gasteiger partial charge in [0.1, 0.15) is 23.6 Å². The van der Waals surface area contributed by atoms with Crippen molar-refractivity contribution in [1.29, 1.82) is 0 Å². The predicted octanol–water partition coefficient (Wildman–Crippen LogP) is 5.13. The van der Waals surface area contributed by atoms with Crippen molar-refractivity contribution in [3.63, 3.8) is 0 Å². The van der Waals surface area contributed by atoms with Crippen LogP contribution in [-0.2, 0) is 23.7 Å². The lowest BCUT2D eigenvalue weighted by Crippen LogP contribution is -2.80. The fraction of sp³-hybridized carbons (Fsp3) is 0.656. The molecule has 8 nitrogen and oxygen atoms in total. The number of carbonyl (C=O) groups excluding carboxylic acids is 3. The fourth-order valence-electron chi connectivity index (χ4n) is 8.64. The molecule has 1 N–H and O–H groups in total. The Morgan fingerprint density at radius 3 is 2.30 bits per heavy atom. The third-order valence-electron chi connectivity index (χ3n) is 11.2. The van der Waals surface area contributed by atoms with Crippen LogP contribution < -0.4 is 0 Å². The number of benzene rings is 1. The highest BCUT2D eigenvalue weighted by Gasteiger charge is 2.76. The summed E-state index contributed by atoms with van der Waals surface area (Å²) in [5, 5.41) is 13.0. The van der Waals surface area contributed by atoms with E-state index in [1.54, 1.807) is 30.3 Å².